The first-order valence-electron chi connectivity index (χ1n) is 8.06. The summed E-state index contributed by atoms with van der Waals surface area (Å²) in [5, 5.41) is 7.86. The Morgan fingerprint density at radius 1 is 1.38 bits per heavy atom. The standard InChI is InChI=1S/C16H22N4O4/c1-10-8-11(23-18-10)9-13-17-14(19-24-13)12-6-5-7-20(12)15(21)22-16(2,3)4/h8,12H,5-7,9H2,1-4H3. The van der Waals surface area contributed by atoms with Crippen LogP contribution in [0.1, 0.15) is 62.8 Å². The van der Waals surface area contributed by atoms with Crippen molar-refractivity contribution in [1.29, 1.82) is 0 Å². The average Bonchev–Trinajstić information content (AvgIpc) is 3.17. The number of hydrogen-bond acceptors (Lipinski definition) is 7. The van der Waals surface area contributed by atoms with E-state index in [1.807, 2.05) is 33.8 Å². The van der Waals surface area contributed by atoms with Crippen LogP contribution < -0.4 is 0 Å². The average molecular weight is 334 g/mol. The molecule has 0 bridgehead atoms. The number of aryl methyl sites for hydroxylation is 1. The molecule has 8 heteroatoms. The molecule has 0 radical (unpaired) electrons. The highest BCUT2D eigenvalue weighted by Crippen LogP contribution is 2.31. The van der Waals surface area contributed by atoms with Gasteiger partial charge in [0, 0.05) is 12.6 Å². The fourth-order valence-corrected chi connectivity index (χ4v) is 2.70. The van der Waals surface area contributed by atoms with Gasteiger partial charge in [-0.2, -0.15) is 4.98 Å². The molecule has 0 aliphatic carbocycles. The molecule has 130 valence electrons. The number of likely N-dealkylation sites (tertiary alicyclic amines) is 1. The molecule has 1 amide bonds. The molecule has 1 aliphatic heterocycles. The number of carbonyl (C=O) groups is 1. The molecule has 3 rings (SSSR count). The smallest absolute Gasteiger partial charge is 0.410 e. The molecule has 1 unspecified atom stereocenters. The van der Waals surface area contributed by atoms with Gasteiger partial charge in [0.05, 0.1) is 18.2 Å². The maximum Gasteiger partial charge on any atom is 0.410 e. The quantitative estimate of drug-likeness (QED) is 0.851. The van der Waals surface area contributed by atoms with Crippen molar-refractivity contribution in [3.8, 4) is 0 Å². The molecule has 0 saturated carbocycles. The van der Waals surface area contributed by atoms with Crippen LogP contribution >= 0.6 is 0 Å². The largest absolute Gasteiger partial charge is 0.444 e. The molecule has 2 aromatic heterocycles. The first-order chi connectivity index (χ1) is 11.3. The SMILES string of the molecule is Cc1cc(Cc2nc(C3CCCN3C(=O)OC(C)(C)C)no2)on1. The van der Waals surface area contributed by atoms with E-state index in [9.17, 15) is 4.79 Å². The highest BCUT2D eigenvalue weighted by Gasteiger charge is 2.36. The van der Waals surface area contributed by atoms with Crippen LogP contribution in [0.4, 0.5) is 4.79 Å². The van der Waals surface area contributed by atoms with Crippen LogP contribution in [0.2, 0.25) is 0 Å². The third-order valence-corrected chi connectivity index (χ3v) is 3.66. The van der Waals surface area contributed by atoms with Crippen molar-refractivity contribution < 1.29 is 18.6 Å². The normalized spacial score (nSPS) is 18.2. The molecular weight excluding hydrogens is 312 g/mol. The van der Waals surface area contributed by atoms with Crippen molar-refractivity contribution >= 4 is 6.09 Å². The van der Waals surface area contributed by atoms with Gasteiger partial charge in [0.25, 0.3) is 0 Å². The molecule has 2 aromatic rings. The summed E-state index contributed by atoms with van der Waals surface area (Å²) in [6.45, 7) is 8.03. The van der Waals surface area contributed by atoms with E-state index in [0.29, 0.717) is 30.4 Å². The van der Waals surface area contributed by atoms with Crippen LogP contribution in [0.15, 0.2) is 15.1 Å². The summed E-state index contributed by atoms with van der Waals surface area (Å²) in [4.78, 5) is 18.4. The van der Waals surface area contributed by atoms with E-state index in [0.717, 1.165) is 18.5 Å². The molecule has 1 saturated heterocycles. The third-order valence-electron chi connectivity index (χ3n) is 3.66. The molecular formula is C16H22N4O4. The van der Waals surface area contributed by atoms with E-state index in [1.54, 1.807) is 4.90 Å². The number of ether oxygens (including phenoxy) is 1. The lowest BCUT2D eigenvalue weighted by Crippen LogP contribution is -2.36. The molecule has 0 aromatic carbocycles. The number of amides is 1. The number of hydrogen-bond donors (Lipinski definition) is 0. The minimum atomic E-state index is -0.531. The molecule has 8 nitrogen and oxygen atoms in total. The van der Waals surface area contributed by atoms with Crippen molar-refractivity contribution in [3.05, 3.63) is 29.2 Å². The van der Waals surface area contributed by atoms with Crippen molar-refractivity contribution in [2.45, 2.75) is 58.6 Å². The second kappa shape index (κ2) is 6.26. The van der Waals surface area contributed by atoms with Crippen LogP contribution in [0, 0.1) is 6.92 Å². The Labute approximate surface area is 140 Å². The molecule has 0 N–H and O–H groups in total. The third kappa shape index (κ3) is 3.74. The van der Waals surface area contributed by atoms with Crippen LogP contribution in [-0.4, -0.2) is 38.4 Å². The van der Waals surface area contributed by atoms with Gasteiger partial charge in [0.1, 0.15) is 11.4 Å². The van der Waals surface area contributed by atoms with E-state index in [4.69, 9.17) is 13.8 Å². The van der Waals surface area contributed by atoms with Crippen molar-refractivity contribution in [2.75, 3.05) is 6.54 Å². The number of aromatic nitrogens is 3. The van der Waals surface area contributed by atoms with E-state index >= 15 is 0 Å². The predicted molar refractivity (Wildman–Crippen MR) is 83.3 cm³/mol. The Morgan fingerprint density at radius 3 is 2.83 bits per heavy atom. The first-order valence-corrected chi connectivity index (χ1v) is 8.06. The first kappa shape index (κ1) is 16.5. The Balaban J connectivity index is 1.70. The Kier molecular flexibility index (Phi) is 4.29. The van der Waals surface area contributed by atoms with E-state index in [1.165, 1.54) is 0 Å². The van der Waals surface area contributed by atoms with E-state index in [-0.39, 0.29) is 12.1 Å². The van der Waals surface area contributed by atoms with Gasteiger partial charge in [-0.1, -0.05) is 10.3 Å². The molecule has 0 spiro atoms. The van der Waals surface area contributed by atoms with Gasteiger partial charge < -0.3 is 13.8 Å². The van der Waals surface area contributed by atoms with Crippen molar-refractivity contribution in [3.63, 3.8) is 0 Å². The summed E-state index contributed by atoms with van der Waals surface area (Å²) in [6.07, 6.45) is 1.71. The summed E-state index contributed by atoms with van der Waals surface area (Å²) in [6, 6.07) is 1.61. The molecule has 1 aliphatic rings. The number of rotatable bonds is 3. The number of nitrogens with zero attached hydrogens (tertiary/aromatic N) is 4. The van der Waals surface area contributed by atoms with Gasteiger partial charge in [-0.15, -0.1) is 0 Å². The van der Waals surface area contributed by atoms with E-state index in [2.05, 4.69) is 15.3 Å². The zero-order valence-electron chi connectivity index (χ0n) is 14.4. The maximum absolute atomic E-state index is 12.3. The second-order valence-corrected chi connectivity index (χ2v) is 6.99. The molecule has 3 heterocycles. The van der Waals surface area contributed by atoms with Crippen LogP contribution in [0.5, 0.6) is 0 Å². The summed E-state index contributed by atoms with van der Waals surface area (Å²) in [7, 11) is 0. The summed E-state index contributed by atoms with van der Waals surface area (Å²) < 4.78 is 15.9. The summed E-state index contributed by atoms with van der Waals surface area (Å²) in [5.41, 5.74) is 0.271. The zero-order valence-corrected chi connectivity index (χ0v) is 14.4. The Morgan fingerprint density at radius 2 is 2.17 bits per heavy atom. The van der Waals surface area contributed by atoms with Gasteiger partial charge in [0.2, 0.25) is 5.89 Å². The fourth-order valence-electron chi connectivity index (χ4n) is 2.70. The van der Waals surface area contributed by atoms with Crippen molar-refractivity contribution in [1.82, 2.24) is 20.2 Å². The minimum Gasteiger partial charge on any atom is -0.444 e. The Bertz CT molecular complexity index is 716. The summed E-state index contributed by atoms with van der Waals surface area (Å²) >= 11 is 0. The molecule has 24 heavy (non-hydrogen) atoms. The van der Waals surface area contributed by atoms with Gasteiger partial charge in [-0.05, 0) is 40.5 Å². The predicted octanol–water partition coefficient (Wildman–Crippen LogP) is 3.03. The highest BCUT2D eigenvalue weighted by molar-refractivity contribution is 5.69. The lowest BCUT2D eigenvalue weighted by molar-refractivity contribution is 0.0217. The van der Waals surface area contributed by atoms with Crippen LogP contribution in [-0.2, 0) is 11.2 Å². The van der Waals surface area contributed by atoms with E-state index < -0.39 is 5.60 Å². The van der Waals surface area contributed by atoms with Crippen LogP contribution in [0.25, 0.3) is 0 Å². The second-order valence-electron chi connectivity index (χ2n) is 6.99. The Hall–Kier alpha value is -2.38. The maximum atomic E-state index is 12.3. The molecule has 1 fully saturated rings. The number of carbonyl (C=O) groups excluding carboxylic acids is 1. The zero-order chi connectivity index (χ0) is 17.3. The minimum absolute atomic E-state index is 0.214. The van der Waals surface area contributed by atoms with Gasteiger partial charge in [-0.3, -0.25) is 4.90 Å². The lowest BCUT2D eigenvalue weighted by Gasteiger charge is -2.27. The fraction of sp³-hybridized carbons (Fsp3) is 0.625. The summed E-state index contributed by atoms with van der Waals surface area (Å²) in [5.74, 6) is 1.61. The highest BCUT2D eigenvalue weighted by atomic mass is 16.6. The monoisotopic (exact) mass is 334 g/mol. The van der Waals surface area contributed by atoms with Crippen LogP contribution in [0.3, 0.4) is 0 Å². The topological polar surface area (TPSA) is 94.5 Å². The lowest BCUT2D eigenvalue weighted by atomic mass is 10.2. The van der Waals surface area contributed by atoms with Gasteiger partial charge >= 0.3 is 6.09 Å². The van der Waals surface area contributed by atoms with Gasteiger partial charge in [-0.25, -0.2) is 4.79 Å². The van der Waals surface area contributed by atoms with Crippen molar-refractivity contribution in [2.24, 2.45) is 0 Å². The molecule has 1 atom stereocenters. The van der Waals surface area contributed by atoms with Gasteiger partial charge in [0.15, 0.2) is 5.82 Å².